The average Bonchev–Trinajstić information content (AvgIpc) is 2.16. The number of nitrogens with one attached hydrogen (secondary N) is 1. The monoisotopic (exact) mass is 227 g/mol. The van der Waals surface area contributed by atoms with Gasteiger partial charge in [-0.3, -0.25) is 4.79 Å². The predicted octanol–water partition coefficient (Wildman–Crippen LogP) is 1.19. The highest BCUT2D eigenvalue weighted by Crippen LogP contribution is 2.11. The van der Waals surface area contributed by atoms with E-state index in [1.807, 2.05) is 0 Å². The van der Waals surface area contributed by atoms with Crippen molar-refractivity contribution in [3.05, 3.63) is 0 Å². The fraction of sp³-hybridized carbons (Fsp3) is 0.875. The number of halogens is 2. The molecule has 0 amide bonds. The topological polar surface area (TPSA) is 38.3 Å². The Hall–Kier alpha value is 0.01000. The van der Waals surface area contributed by atoms with Crippen molar-refractivity contribution in [2.75, 3.05) is 25.6 Å². The normalized spacial score (nSPS) is 17.6. The van der Waals surface area contributed by atoms with Gasteiger partial charge >= 0.3 is 5.97 Å². The molecular weight excluding hydrogens is 213 g/mol. The lowest BCUT2D eigenvalue weighted by molar-refractivity contribution is -0.142. The number of alkyl halides is 1. The molecule has 0 aromatic heterocycles. The van der Waals surface area contributed by atoms with Gasteiger partial charge in [-0.05, 0) is 31.8 Å². The summed E-state index contributed by atoms with van der Waals surface area (Å²) in [5.74, 6) is 0.180. The molecule has 0 atom stereocenters. The SMILES string of the molecule is Cl.O=C(CCl)OCC1CCNCC1. The zero-order valence-electron chi connectivity index (χ0n) is 7.42. The number of carbonyl (C=O) groups excluding carboxylic acids is 1. The Bertz CT molecular complexity index is 149. The van der Waals surface area contributed by atoms with Gasteiger partial charge in [0.15, 0.2) is 0 Å². The summed E-state index contributed by atoms with van der Waals surface area (Å²) in [4.78, 5) is 10.7. The lowest BCUT2D eigenvalue weighted by Crippen LogP contribution is -2.30. The molecule has 5 heteroatoms. The molecule has 0 saturated carbocycles. The van der Waals surface area contributed by atoms with E-state index in [-0.39, 0.29) is 24.3 Å². The van der Waals surface area contributed by atoms with E-state index < -0.39 is 0 Å². The van der Waals surface area contributed by atoms with Crippen LogP contribution in [0, 0.1) is 5.92 Å². The van der Waals surface area contributed by atoms with Crippen LogP contribution in [-0.2, 0) is 9.53 Å². The molecule has 1 rings (SSSR count). The highest BCUT2D eigenvalue weighted by Gasteiger charge is 2.14. The third kappa shape index (κ3) is 5.34. The minimum atomic E-state index is -0.310. The van der Waals surface area contributed by atoms with Gasteiger partial charge in [0.25, 0.3) is 0 Å². The van der Waals surface area contributed by atoms with Crippen molar-refractivity contribution in [2.24, 2.45) is 5.92 Å². The second-order valence-electron chi connectivity index (χ2n) is 3.01. The molecule has 1 saturated heterocycles. The zero-order chi connectivity index (χ0) is 8.81. The fourth-order valence-electron chi connectivity index (χ4n) is 1.30. The van der Waals surface area contributed by atoms with Crippen molar-refractivity contribution in [1.82, 2.24) is 5.32 Å². The lowest BCUT2D eigenvalue weighted by Gasteiger charge is -2.21. The van der Waals surface area contributed by atoms with Crippen molar-refractivity contribution < 1.29 is 9.53 Å². The number of hydrogen-bond donors (Lipinski definition) is 1. The molecule has 0 aromatic rings. The van der Waals surface area contributed by atoms with Gasteiger partial charge in [0.2, 0.25) is 0 Å². The molecule has 1 heterocycles. The first-order chi connectivity index (χ1) is 5.83. The Morgan fingerprint density at radius 2 is 2.08 bits per heavy atom. The summed E-state index contributed by atoms with van der Waals surface area (Å²) in [6, 6.07) is 0. The molecule has 1 aliphatic rings. The molecule has 3 nitrogen and oxygen atoms in total. The van der Waals surface area contributed by atoms with Crippen molar-refractivity contribution >= 4 is 30.0 Å². The van der Waals surface area contributed by atoms with E-state index in [2.05, 4.69) is 5.32 Å². The standard InChI is InChI=1S/C8H14ClNO2.ClH/c9-5-8(11)12-6-7-1-3-10-4-2-7;/h7,10H,1-6H2;1H. The van der Waals surface area contributed by atoms with E-state index in [9.17, 15) is 4.79 Å². The maximum absolute atomic E-state index is 10.7. The van der Waals surface area contributed by atoms with Gasteiger partial charge in [-0.15, -0.1) is 24.0 Å². The minimum Gasteiger partial charge on any atom is -0.465 e. The summed E-state index contributed by atoms with van der Waals surface area (Å²) < 4.78 is 4.93. The Kier molecular flexibility index (Phi) is 7.42. The highest BCUT2D eigenvalue weighted by atomic mass is 35.5. The summed E-state index contributed by atoms with van der Waals surface area (Å²) in [5, 5.41) is 3.25. The molecule has 0 aromatic carbocycles. The summed E-state index contributed by atoms with van der Waals surface area (Å²) in [6.45, 7) is 2.60. The van der Waals surface area contributed by atoms with E-state index in [1.165, 1.54) is 0 Å². The number of carbonyl (C=O) groups is 1. The number of ether oxygens (including phenoxy) is 1. The van der Waals surface area contributed by atoms with Crippen LogP contribution < -0.4 is 5.32 Å². The first-order valence-corrected chi connectivity index (χ1v) is 4.78. The highest BCUT2D eigenvalue weighted by molar-refractivity contribution is 6.26. The second-order valence-corrected chi connectivity index (χ2v) is 3.28. The fourth-order valence-corrected chi connectivity index (χ4v) is 1.37. The predicted molar refractivity (Wildman–Crippen MR) is 54.5 cm³/mol. The molecule has 13 heavy (non-hydrogen) atoms. The number of piperidine rings is 1. The minimum absolute atomic E-state index is 0. The Balaban J connectivity index is 0.00000144. The first-order valence-electron chi connectivity index (χ1n) is 4.25. The first kappa shape index (κ1) is 13.0. The summed E-state index contributed by atoms with van der Waals surface area (Å²) in [7, 11) is 0. The molecule has 0 bridgehead atoms. The molecule has 0 aliphatic carbocycles. The van der Waals surface area contributed by atoms with Gasteiger partial charge in [-0.2, -0.15) is 0 Å². The van der Waals surface area contributed by atoms with Crippen LogP contribution in [0.1, 0.15) is 12.8 Å². The molecular formula is C8H15Cl2NO2. The zero-order valence-corrected chi connectivity index (χ0v) is 9.00. The molecule has 1 N–H and O–H groups in total. The molecule has 1 fully saturated rings. The molecule has 78 valence electrons. The van der Waals surface area contributed by atoms with Crippen LogP contribution in [0.2, 0.25) is 0 Å². The second kappa shape index (κ2) is 7.42. The van der Waals surface area contributed by atoms with Crippen molar-refractivity contribution in [3.8, 4) is 0 Å². The molecule has 1 aliphatic heterocycles. The van der Waals surface area contributed by atoms with Gasteiger partial charge in [0, 0.05) is 0 Å². The van der Waals surface area contributed by atoms with E-state index in [0.29, 0.717) is 12.5 Å². The van der Waals surface area contributed by atoms with E-state index in [1.54, 1.807) is 0 Å². The van der Waals surface area contributed by atoms with Gasteiger partial charge < -0.3 is 10.1 Å². The van der Waals surface area contributed by atoms with Gasteiger partial charge in [0.05, 0.1) is 6.61 Å². The van der Waals surface area contributed by atoms with Crippen molar-refractivity contribution in [1.29, 1.82) is 0 Å². The van der Waals surface area contributed by atoms with Crippen molar-refractivity contribution in [3.63, 3.8) is 0 Å². The number of esters is 1. The van der Waals surface area contributed by atoms with Gasteiger partial charge in [-0.25, -0.2) is 0 Å². The van der Waals surface area contributed by atoms with Crippen LogP contribution >= 0.6 is 24.0 Å². The van der Waals surface area contributed by atoms with Gasteiger partial charge in [-0.1, -0.05) is 0 Å². The number of hydrogen-bond acceptors (Lipinski definition) is 3. The molecule has 0 unspecified atom stereocenters. The van der Waals surface area contributed by atoms with Crippen molar-refractivity contribution in [2.45, 2.75) is 12.8 Å². The van der Waals surface area contributed by atoms with Crippen LogP contribution in [0.5, 0.6) is 0 Å². The Morgan fingerprint density at radius 3 is 2.62 bits per heavy atom. The Morgan fingerprint density at radius 1 is 1.46 bits per heavy atom. The van der Waals surface area contributed by atoms with E-state index >= 15 is 0 Å². The maximum Gasteiger partial charge on any atom is 0.320 e. The maximum atomic E-state index is 10.7. The third-order valence-corrected chi connectivity index (χ3v) is 2.27. The smallest absolute Gasteiger partial charge is 0.320 e. The van der Waals surface area contributed by atoms with Crippen LogP contribution in [0.15, 0.2) is 0 Å². The summed E-state index contributed by atoms with van der Waals surface area (Å²) in [6.07, 6.45) is 2.19. The largest absolute Gasteiger partial charge is 0.465 e. The van der Waals surface area contributed by atoms with Crippen LogP contribution in [0.25, 0.3) is 0 Å². The lowest BCUT2D eigenvalue weighted by atomic mass is 9.99. The number of rotatable bonds is 3. The molecule has 0 radical (unpaired) electrons. The van der Waals surface area contributed by atoms with Crippen LogP contribution in [0.3, 0.4) is 0 Å². The summed E-state index contributed by atoms with van der Waals surface area (Å²) >= 11 is 5.28. The Labute approximate surface area is 89.6 Å². The van der Waals surface area contributed by atoms with E-state index in [4.69, 9.17) is 16.3 Å². The molecule has 0 spiro atoms. The van der Waals surface area contributed by atoms with Crippen LogP contribution in [0.4, 0.5) is 0 Å². The van der Waals surface area contributed by atoms with Crippen LogP contribution in [-0.4, -0.2) is 31.5 Å². The third-order valence-electron chi connectivity index (χ3n) is 2.05. The average molecular weight is 228 g/mol. The van der Waals surface area contributed by atoms with Gasteiger partial charge in [0.1, 0.15) is 5.88 Å². The van der Waals surface area contributed by atoms with E-state index in [0.717, 1.165) is 25.9 Å². The summed E-state index contributed by atoms with van der Waals surface area (Å²) in [5.41, 5.74) is 0. The quantitative estimate of drug-likeness (QED) is 0.582.